The molecule has 1 atom stereocenters. The van der Waals surface area contributed by atoms with E-state index in [1.54, 1.807) is 18.4 Å². The lowest BCUT2D eigenvalue weighted by atomic mass is 10.3. The van der Waals surface area contributed by atoms with Crippen LogP contribution in [-0.4, -0.2) is 34.7 Å². The number of nitrogens with zero attached hydrogens (tertiary/aromatic N) is 2. The van der Waals surface area contributed by atoms with Gasteiger partial charge in [-0.05, 0) is 33.8 Å². The second-order valence-corrected chi connectivity index (χ2v) is 4.36. The van der Waals surface area contributed by atoms with Gasteiger partial charge in [0.2, 0.25) is 5.91 Å². The van der Waals surface area contributed by atoms with Crippen LogP contribution in [0.1, 0.15) is 25.2 Å². The third kappa shape index (κ3) is 4.48. The Labute approximate surface area is 112 Å². The molecule has 1 amide bonds. The lowest BCUT2D eigenvalue weighted by Crippen LogP contribution is -2.38. The summed E-state index contributed by atoms with van der Waals surface area (Å²) in [6.07, 6.45) is -0.473. The average molecular weight is 267 g/mol. The average Bonchev–Trinajstić information content (AvgIpc) is 2.32. The van der Waals surface area contributed by atoms with Crippen molar-refractivity contribution in [2.75, 3.05) is 13.2 Å². The second-order valence-electron chi connectivity index (χ2n) is 4.36. The highest BCUT2D eigenvalue weighted by molar-refractivity contribution is 5.80. The Hall–Kier alpha value is -1.69. The minimum absolute atomic E-state index is 0.173. The number of carbonyl (C=O) groups excluding carboxylic acids is 1. The molecule has 0 saturated heterocycles. The minimum Gasteiger partial charge on any atom is -0.369 e. The van der Waals surface area contributed by atoms with Crippen LogP contribution in [-0.2, 0) is 16.1 Å². The van der Waals surface area contributed by atoms with Gasteiger partial charge in [0.25, 0.3) is 0 Å². The molecule has 0 radical (unpaired) electrons. The summed E-state index contributed by atoms with van der Waals surface area (Å²) in [5, 5.41) is 2.73. The SMILES string of the molecule is CCO[C@@H](C)C(=O)NCCn1c(C)cc(C)nc1=O. The summed E-state index contributed by atoms with van der Waals surface area (Å²) in [4.78, 5) is 27.2. The normalized spacial score (nSPS) is 12.2. The van der Waals surface area contributed by atoms with Gasteiger partial charge in [0.1, 0.15) is 6.10 Å². The number of aromatic nitrogens is 2. The van der Waals surface area contributed by atoms with Gasteiger partial charge in [-0.15, -0.1) is 0 Å². The standard InChI is InChI=1S/C13H21N3O3/c1-5-19-11(4)12(17)14-6-7-16-10(3)8-9(2)15-13(16)18/h8,11H,5-7H2,1-4H3,(H,14,17)/t11-/m0/s1. The van der Waals surface area contributed by atoms with Crippen LogP contribution >= 0.6 is 0 Å². The maximum absolute atomic E-state index is 11.7. The van der Waals surface area contributed by atoms with Crippen LogP contribution < -0.4 is 11.0 Å². The maximum Gasteiger partial charge on any atom is 0.348 e. The van der Waals surface area contributed by atoms with Gasteiger partial charge in [0, 0.05) is 31.1 Å². The molecular formula is C13H21N3O3. The Morgan fingerprint density at radius 1 is 1.53 bits per heavy atom. The van der Waals surface area contributed by atoms with Crippen LogP contribution in [0.5, 0.6) is 0 Å². The predicted molar refractivity (Wildman–Crippen MR) is 72.1 cm³/mol. The molecule has 0 aliphatic heterocycles. The molecule has 0 spiro atoms. The molecule has 6 heteroatoms. The van der Waals surface area contributed by atoms with E-state index in [1.807, 2.05) is 19.9 Å². The molecule has 0 unspecified atom stereocenters. The Balaban J connectivity index is 2.55. The van der Waals surface area contributed by atoms with Crippen molar-refractivity contribution in [1.29, 1.82) is 0 Å². The first-order valence-electron chi connectivity index (χ1n) is 6.40. The van der Waals surface area contributed by atoms with Crippen molar-refractivity contribution >= 4 is 5.91 Å². The summed E-state index contributed by atoms with van der Waals surface area (Å²) < 4.78 is 6.72. The third-order valence-corrected chi connectivity index (χ3v) is 2.77. The fraction of sp³-hybridized carbons (Fsp3) is 0.615. The van der Waals surface area contributed by atoms with Crippen LogP contribution in [0.4, 0.5) is 0 Å². The van der Waals surface area contributed by atoms with Crippen molar-refractivity contribution in [3.05, 3.63) is 27.9 Å². The first-order chi connectivity index (χ1) is 8.95. The van der Waals surface area contributed by atoms with Gasteiger partial charge in [0.05, 0.1) is 0 Å². The molecule has 0 bridgehead atoms. The van der Waals surface area contributed by atoms with Crippen molar-refractivity contribution in [3.63, 3.8) is 0 Å². The maximum atomic E-state index is 11.7. The number of aryl methyl sites for hydroxylation is 2. The van der Waals surface area contributed by atoms with Gasteiger partial charge >= 0.3 is 5.69 Å². The molecule has 106 valence electrons. The lowest BCUT2D eigenvalue weighted by Gasteiger charge is -2.13. The van der Waals surface area contributed by atoms with E-state index >= 15 is 0 Å². The van der Waals surface area contributed by atoms with Gasteiger partial charge in [-0.25, -0.2) is 4.79 Å². The smallest absolute Gasteiger partial charge is 0.348 e. The van der Waals surface area contributed by atoms with E-state index in [9.17, 15) is 9.59 Å². The largest absolute Gasteiger partial charge is 0.369 e. The van der Waals surface area contributed by atoms with E-state index in [4.69, 9.17) is 4.74 Å². The quantitative estimate of drug-likeness (QED) is 0.809. The third-order valence-electron chi connectivity index (χ3n) is 2.77. The monoisotopic (exact) mass is 267 g/mol. The number of hydrogen-bond acceptors (Lipinski definition) is 4. The molecule has 1 aromatic rings. The van der Waals surface area contributed by atoms with Gasteiger partial charge in [-0.3, -0.25) is 9.36 Å². The molecule has 0 aromatic carbocycles. The molecule has 0 fully saturated rings. The van der Waals surface area contributed by atoms with E-state index in [1.165, 1.54) is 0 Å². The van der Waals surface area contributed by atoms with E-state index in [-0.39, 0.29) is 11.6 Å². The molecule has 6 nitrogen and oxygen atoms in total. The zero-order valence-electron chi connectivity index (χ0n) is 11.9. The summed E-state index contributed by atoms with van der Waals surface area (Å²) in [5.74, 6) is -0.173. The van der Waals surface area contributed by atoms with E-state index < -0.39 is 6.10 Å². The highest BCUT2D eigenvalue weighted by atomic mass is 16.5. The number of nitrogens with one attached hydrogen (secondary N) is 1. The highest BCUT2D eigenvalue weighted by Gasteiger charge is 2.11. The number of rotatable bonds is 6. The Morgan fingerprint density at radius 3 is 2.79 bits per heavy atom. The second kappa shape index (κ2) is 7.04. The predicted octanol–water partition coefficient (Wildman–Crippen LogP) is 0.401. The first kappa shape index (κ1) is 15.4. The van der Waals surface area contributed by atoms with E-state index in [0.717, 1.165) is 5.69 Å². The van der Waals surface area contributed by atoms with Crippen molar-refractivity contribution < 1.29 is 9.53 Å². The summed E-state index contributed by atoms with van der Waals surface area (Å²) in [6.45, 7) is 8.44. The fourth-order valence-electron chi connectivity index (χ4n) is 1.81. The van der Waals surface area contributed by atoms with E-state index in [2.05, 4.69) is 10.3 Å². The summed E-state index contributed by atoms with van der Waals surface area (Å²) in [7, 11) is 0. The molecule has 1 N–H and O–H groups in total. The molecular weight excluding hydrogens is 246 g/mol. The molecule has 1 aromatic heterocycles. The summed E-state index contributed by atoms with van der Waals surface area (Å²) >= 11 is 0. The highest BCUT2D eigenvalue weighted by Crippen LogP contribution is 1.96. The van der Waals surface area contributed by atoms with Crippen molar-refractivity contribution in [2.24, 2.45) is 0 Å². The van der Waals surface area contributed by atoms with Gasteiger partial charge in [-0.2, -0.15) is 4.98 Å². The van der Waals surface area contributed by atoms with Crippen LogP contribution in [0, 0.1) is 13.8 Å². The van der Waals surface area contributed by atoms with Gasteiger partial charge in [-0.1, -0.05) is 0 Å². The molecule has 19 heavy (non-hydrogen) atoms. The van der Waals surface area contributed by atoms with Crippen LogP contribution in [0.3, 0.4) is 0 Å². The summed E-state index contributed by atoms with van der Waals surface area (Å²) in [5.41, 5.74) is 1.25. The molecule has 0 aliphatic carbocycles. The van der Waals surface area contributed by atoms with Crippen LogP contribution in [0.25, 0.3) is 0 Å². The van der Waals surface area contributed by atoms with Gasteiger partial charge < -0.3 is 10.1 Å². The minimum atomic E-state index is -0.473. The first-order valence-corrected chi connectivity index (χ1v) is 6.40. The topological polar surface area (TPSA) is 73.2 Å². The zero-order valence-corrected chi connectivity index (χ0v) is 11.9. The van der Waals surface area contributed by atoms with Crippen LogP contribution in [0.2, 0.25) is 0 Å². The van der Waals surface area contributed by atoms with Gasteiger partial charge in [0.15, 0.2) is 0 Å². The zero-order chi connectivity index (χ0) is 14.4. The molecule has 0 aliphatic rings. The number of carbonyl (C=O) groups is 1. The number of amides is 1. The van der Waals surface area contributed by atoms with Crippen molar-refractivity contribution in [2.45, 2.75) is 40.3 Å². The van der Waals surface area contributed by atoms with E-state index in [0.29, 0.717) is 25.4 Å². The fourth-order valence-corrected chi connectivity index (χ4v) is 1.81. The Morgan fingerprint density at radius 2 is 2.21 bits per heavy atom. The van der Waals surface area contributed by atoms with Crippen LogP contribution in [0.15, 0.2) is 10.9 Å². The van der Waals surface area contributed by atoms with Crippen molar-refractivity contribution in [1.82, 2.24) is 14.9 Å². The summed E-state index contributed by atoms with van der Waals surface area (Å²) in [6, 6.07) is 1.84. The number of ether oxygens (including phenoxy) is 1. The Bertz CT molecular complexity index is 496. The molecule has 1 rings (SSSR count). The Kier molecular flexibility index (Phi) is 5.69. The van der Waals surface area contributed by atoms with Crippen molar-refractivity contribution in [3.8, 4) is 0 Å². The number of hydrogen-bond donors (Lipinski definition) is 1. The molecule has 0 saturated carbocycles. The lowest BCUT2D eigenvalue weighted by molar-refractivity contribution is -0.131. The molecule has 1 heterocycles.